The van der Waals surface area contributed by atoms with Crippen LogP contribution in [0.15, 0.2) is 48.5 Å². The lowest BCUT2D eigenvalue weighted by Gasteiger charge is -2.25. The number of nitrogens with one attached hydrogen (secondary N) is 1. The number of carbonyl (C=O) groups is 2. The molecule has 35 heavy (non-hydrogen) atoms. The summed E-state index contributed by atoms with van der Waals surface area (Å²) < 4.78 is 37.2. The summed E-state index contributed by atoms with van der Waals surface area (Å²) in [7, 11) is -3.42. The number of nitrogens with zero attached hydrogens (tertiary/aromatic N) is 2. The molecule has 2 unspecified atom stereocenters. The molecule has 0 spiro atoms. The lowest BCUT2D eigenvalue weighted by atomic mass is 10.0. The van der Waals surface area contributed by atoms with Gasteiger partial charge in [-0.15, -0.1) is 0 Å². The number of rotatable bonds is 8. The summed E-state index contributed by atoms with van der Waals surface area (Å²) in [5.74, 6) is -1.45. The molecule has 0 saturated carbocycles. The highest BCUT2D eigenvalue weighted by Crippen LogP contribution is 2.33. The van der Waals surface area contributed by atoms with Crippen molar-refractivity contribution < 1.29 is 22.4 Å². The Balaban J connectivity index is 1.34. The number of halogens is 2. The number of sulfone groups is 1. The summed E-state index contributed by atoms with van der Waals surface area (Å²) in [6, 6.07) is 13.5. The van der Waals surface area contributed by atoms with Crippen molar-refractivity contribution in [2.75, 3.05) is 44.7 Å². The lowest BCUT2D eigenvalue weighted by molar-refractivity contribution is -0.119. The smallest absolute Gasteiger partial charge is 0.258 e. The average molecular weight is 522 g/mol. The van der Waals surface area contributed by atoms with Crippen LogP contribution in [0.3, 0.4) is 0 Å². The van der Waals surface area contributed by atoms with Crippen LogP contribution >= 0.6 is 11.6 Å². The molecule has 188 valence electrons. The van der Waals surface area contributed by atoms with Crippen molar-refractivity contribution >= 4 is 33.3 Å². The topological polar surface area (TPSA) is 86.8 Å². The van der Waals surface area contributed by atoms with Gasteiger partial charge in [0, 0.05) is 39.0 Å². The monoisotopic (exact) mass is 521 g/mol. The Hall–Kier alpha value is -2.49. The minimum atomic E-state index is -3.42. The van der Waals surface area contributed by atoms with Gasteiger partial charge in [0.05, 0.1) is 16.6 Å². The number of hydrogen-bond acceptors (Lipinski definition) is 5. The Bertz CT molecular complexity index is 1160. The van der Waals surface area contributed by atoms with Gasteiger partial charge >= 0.3 is 0 Å². The third kappa shape index (κ3) is 6.39. The first-order chi connectivity index (χ1) is 16.6. The van der Waals surface area contributed by atoms with Crippen molar-refractivity contribution in [3.63, 3.8) is 0 Å². The molecular weight excluding hydrogens is 493 g/mol. The fraction of sp³-hybridized carbons (Fsp3) is 0.440. The molecule has 4 rings (SSSR count). The molecule has 2 fully saturated rings. The third-order valence-electron chi connectivity index (χ3n) is 6.69. The standard InChI is InChI=1S/C25H29ClFN3O4S/c1-35(33,34)16-23(31)28-22(17-6-3-2-4-7-17)10-11-29-12-18-14-30(15-19(18)13-29)25(32)24-20(26)8-5-9-21(24)27/h2-9,18-19,22H,10-16H2,1H3,(H,28,31)/t18-,19?,22?/m0/s1. The molecule has 2 aliphatic rings. The Morgan fingerprint density at radius 3 is 2.31 bits per heavy atom. The predicted octanol–water partition coefficient (Wildman–Crippen LogP) is 2.78. The van der Waals surface area contributed by atoms with Gasteiger partial charge in [0.15, 0.2) is 9.84 Å². The average Bonchev–Trinajstić information content (AvgIpc) is 3.35. The number of amides is 2. The molecule has 0 aromatic heterocycles. The van der Waals surface area contributed by atoms with E-state index >= 15 is 0 Å². The summed E-state index contributed by atoms with van der Waals surface area (Å²) in [6.07, 6.45) is 1.67. The van der Waals surface area contributed by atoms with Gasteiger partial charge in [0.25, 0.3) is 5.91 Å². The fourth-order valence-electron chi connectivity index (χ4n) is 5.09. The molecule has 2 amide bonds. The van der Waals surface area contributed by atoms with E-state index in [0.717, 1.165) is 31.5 Å². The van der Waals surface area contributed by atoms with E-state index in [4.69, 9.17) is 11.6 Å². The molecule has 7 nitrogen and oxygen atoms in total. The van der Waals surface area contributed by atoms with E-state index in [0.29, 0.717) is 31.3 Å². The highest BCUT2D eigenvalue weighted by atomic mass is 35.5. The van der Waals surface area contributed by atoms with Crippen molar-refractivity contribution in [2.24, 2.45) is 11.8 Å². The Morgan fingerprint density at radius 1 is 1.06 bits per heavy atom. The van der Waals surface area contributed by atoms with Crippen molar-refractivity contribution in [2.45, 2.75) is 12.5 Å². The summed E-state index contributed by atoms with van der Waals surface area (Å²) in [6.45, 7) is 3.44. The molecule has 0 radical (unpaired) electrons. The molecule has 2 aromatic rings. The number of hydrogen-bond donors (Lipinski definition) is 1. The molecule has 0 bridgehead atoms. The van der Waals surface area contributed by atoms with Gasteiger partial charge in [-0.1, -0.05) is 48.0 Å². The maximum Gasteiger partial charge on any atom is 0.258 e. The van der Waals surface area contributed by atoms with Gasteiger partial charge in [-0.05, 0) is 36.0 Å². The van der Waals surface area contributed by atoms with Gasteiger partial charge in [-0.3, -0.25) is 9.59 Å². The molecule has 2 aliphatic heterocycles. The normalized spacial score (nSPS) is 21.1. The molecule has 2 heterocycles. The van der Waals surface area contributed by atoms with Gasteiger partial charge in [-0.2, -0.15) is 0 Å². The highest BCUT2D eigenvalue weighted by Gasteiger charge is 2.42. The molecule has 2 saturated heterocycles. The van der Waals surface area contributed by atoms with Gasteiger partial charge < -0.3 is 15.1 Å². The van der Waals surface area contributed by atoms with Crippen LogP contribution in [-0.4, -0.2) is 74.8 Å². The summed E-state index contributed by atoms with van der Waals surface area (Å²) in [5.41, 5.74) is 0.855. The zero-order chi connectivity index (χ0) is 25.2. The van der Waals surface area contributed by atoms with Crippen molar-refractivity contribution in [3.05, 3.63) is 70.5 Å². The highest BCUT2D eigenvalue weighted by molar-refractivity contribution is 7.91. The third-order valence-corrected chi connectivity index (χ3v) is 7.79. The van der Waals surface area contributed by atoms with Crippen molar-refractivity contribution in [1.29, 1.82) is 0 Å². The first-order valence-electron chi connectivity index (χ1n) is 11.6. The van der Waals surface area contributed by atoms with E-state index in [-0.39, 0.29) is 22.5 Å². The maximum atomic E-state index is 14.2. The van der Waals surface area contributed by atoms with E-state index < -0.39 is 27.3 Å². The minimum Gasteiger partial charge on any atom is -0.348 e. The molecule has 0 aliphatic carbocycles. The zero-order valence-corrected chi connectivity index (χ0v) is 21.1. The summed E-state index contributed by atoms with van der Waals surface area (Å²) >= 11 is 6.08. The van der Waals surface area contributed by atoms with E-state index in [1.165, 1.54) is 18.2 Å². The second-order valence-corrected chi connectivity index (χ2v) is 12.0. The zero-order valence-electron chi connectivity index (χ0n) is 19.5. The summed E-state index contributed by atoms with van der Waals surface area (Å²) in [4.78, 5) is 29.2. The van der Waals surface area contributed by atoms with Crippen LogP contribution in [0.25, 0.3) is 0 Å². The van der Waals surface area contributed by atoms with Crippen LogP contribution in [0.2, 0.25) is 5.02 Å². The van der Waals surface area contributed by atoms with Crippen LogP contribution in [-0.2, 0) is 14.6 Å². The first-order valence-corrected chi connectivity index (χ1v) is 14.0. The summed E-state index contributed by atoms with van der Waals surface area (Å²) in [5, 5.41) is 2.99. The van der Waals surface area contributed by atoms with Crippen LogP contribution in [0.1, 0.15) is 28.4 Å². The van der Waals surface area contributed by atoms with E-state index in [1.54, 1.807) is 4.90 Å². The SMILES string of the molecule is CS(=O)(=O)CC(=O)NC(CCN1CC2CN(C(=O)c3c(F)cccc3Cl)C[C@@H]2C1)c1ccccc1. The molecule has 1 N–H and O–H groups in total. The lowest BCUT2D eigenvalue weighted by Crippen LogP contribution is -2.37. The second-order valence-electron chi connectivity index (χ2n) is 9.48. The van der Waals surface area contributed by atoms with Gasteiger partial charge in [-0.25, -0.2) is 12.8 Å². The number of carbonyl (C=O) groups excluding carboxylic acids is 2. The molecule has 2 aromatic carbocycles. The van der Waals surface area contributed by atoms with E-state index in [2.05, 4.69) is 10.2 Å². The molecule has 10 heteroatoms. The fourth-order valence-corrected chi connectivity index (χ4v) is 5.90. The largest absolute Gasteiger partial charge is 0.348 e. The Labute approximate surface area is 210 Å². The second kappa shape index (κ2) is 10.6. The predicted molar refractivity (Wildman–Crippen MR) is 132 cm³/mol. The van der Waals surface area contributed by atoms with Crippen LogP contribution in [0, 0.1) is 17.7 Å². The van der Waals surface area contributed by atoms with Crippen LogP contribution < -0.4 is 5.32 Å². The maximum absolute atomic E-state index is 14.2. The van der Waals surface area contributed by atoms with Gasteiger partial charge in [0.2, 0.25) is 5.91 Å². The number of benzene rings is 2. The van der Waals surface area contributed by atoms with Crippen LogP contribution in [0.5, 0.6) is 0 Å². The Morgan fingerprint density at radius 2 is 1.71 bits per heavy atom. The van der Waals surface area contributed by atoms with E-state index in [1.807, 2.05) is 30.3 Å². The van der Waals surface area contributed by atoms with Gasteiger partial charge in [0.1, 0.15) is 11.6 Å². The van der Waals surface area contributed by atoms with E-state index in [9.17, 15) is 22.4 Å². The molecule has 3 atom stereocenters. The minimum absolute atomic E-state index is 0.0680. The number of fused-ring (bicyclic) bond motifs is 1. The van der Waals surface area contributed by atoms with Crippen LogP contribution in [0.4, 0.5) is 4.39 Å². The Kier molecular flexibility index (Phi) is 7.78. The van der Waals surface area contributed by atoms with Crippen molar-refractivity contribution in [1.82, 2.24) is 15.1 Å². The van der Waals surface area contributed by atoms with Crippen molar-refractivity contribution in [3.8, 4) is 0 Å². The quantitative estimate of drug-likeness (QED) is 0.577. The first kappa shape index (κ1) is 25.6. The molecular formula is C25H29ClFN3O4S. The number of likely N-dealkylation sites (tertiary alicyclic amines) is 2.